The molecule has 0 saturated carbocycles. The Hall–Kier alpha value is -1.55. The quantitative estimate of drug-likeness (QED) is 0.821. The fourth-order valence-electron chi connectivity index (χ4n) is 1.83. The average Bonchev–Trinajstić information content (AvgIpc) is 2.23. The topological polar surface area (TPSA) is 58.6 Å². The highest BCUT2D eigenvalue weighted by Crippen LogP contribution is 2.22. The van der Waals surface area contributed by atoms with E-state index < -0.39 is 5.60 Å². The molecule has 1 rings (SSSR count). The summed E-state index contributed by atoms with van der Waals surface area (Å²) in [4.78, 5) is 11.5. The number of aryl methyl sites for hydroxylation is 2. The van der Waals surface area contributed by atoms with Gasteiger partial charge in [0.25, 0.3) is 0 Å². The molecule has 4 heteroatoms. The largest absolute Gasteiger partial charge is 0.507 e. The van der Waals surface area contributed by atoms with Crippen LogP contribution in [0.3, 0.4) is 0 Å². The fraction of sp³-hybridized carbons (Fsp3) is 0.533. The fourth-order valence-corrected chi connectivity index (χ4v) is 1.83. The van der Waals surface area contributed by atoms with Crippen LogP contribution in [-0.4, -0.2) is 23.2 Å². The minimum atomic E-state index is -0.454. The van der Waals surface area contributed by atoms with Crippen LogP contribution in [-0.2, 0) is 16.1 Å². The molecule has 4 nitrogen and oxygen atoms in total. The molecule has 2 N–H and O–H groups in total. The lowest BCUT2D eigenvalue weighted by Gasteiger charge is -2.19. The van der Waals surface area contributed by atoms with Gasteiger partial charge in [0.2, 0.25) is 0 Å². The lowest BCUT2D eigenvalue weighted by Crippen LogP contribution is -2.31. The molecule has 0 bridgehead atoms. The number of carbonyl (C=O) groups is 1. The third-order valence-corrected chi connectivity index (χ3v) is 2.57. The Morgan fingerprint density at radius 3 is 2.26 bits per heavy atom. The van der Waals surface area contributed by atoms with Gasteiger partial charge in [-0.2, -0.15) is 0 Å². The molecule has 0 unspecified atom stereocenters. The Balaban J connectivity index is 2.48. The number of benzene rings is 1. The molecule has 0 aliphatic carbocycles. The van der Waals surface area contributed by atoms with E-state index >= 15 is 0 Å². The first-order chi connectivity index (χ1) is 8.69. The van der Waals surface area contributed by atoms with E-state index in [9.17, 15) is 9.90 Å². The van der Waals surface area contributed by atoms with Crippen LogP contribution in [0.1, 0.15) is 37.5 Å². The minimum Gasteiger partial charge on any atom is -0.507 e. The van der Waals surface area contributed by atoms with Gasteiger partial charge in [0.15, 0.2) is 0 Å². The van der Waals surface area contributed by atoms with Gasteiger partial charge in [-0.3, -0.25) is 4.79 Å². The summed E-state index contributed by atoms with van der Waals surface area (Å²) in [6.07, 6.45) is 0. The molecule has 0 atom stereocenters. The van der Waals surface area contributed by atoms with Crippen molar-refractivity contribution in [2.75, 3.05) is 6.54 Å². The lowest BCUT2D eigenvalue weighted by molar-refractivity contribution is -0.153. The van der Waals surface area contributed by atoms with Crippen molar-refractivity contribution < 1.29 is 14.6 Å². The number of carbonyl (C=O) groups excluding carboxylic acids is 1. The van der Waals surface area contributed by atoms with Crippen molar-refractivity contribution in [3.8, 4) is 5.75 Å². The summed E-state index contributed by atoms with van der Waals surface area (Å²) in [5.41, 5.74) is 2.27. The van der Waals surface area contributed by atoms with Crippen LogP contribution in [0.25, 0.3) is 0 Å². The van der Waals surface area contributed by atoms with Crippen molar-refractivity contribution in [3.63, 3.8) is 0 Å². The molecule has 1 aromatic rings. The van der Waals surface area contributed by atoms with Crippen molar-refractivity contribution in [1.29, 1.82) is 0 Å². The number of hydrogen-bond donors (Lipinski definition) is 2. The van der Waals surface area contributed by atoms with Gasteiger partial charge in [0.1, 0.15) is 11.4 Å². The molecule has 0 radical (unpaired) electrons. The molecule has 0 aliphatic rings. The first kappa shape index (κ1) is 15.5. The maximum atomic E-state index is 11.5. The van der Waals surface area contributed by atoms with Crippen LogP contribution < -0.4 is 5.32 Å². The summed E-state index contributed by atoms with van der Waals surface area (Å²) in [6.45, 7) is 10.0. The second-order valence-corrected chi connectivity index (χ2v) is 5.77. The number of rotatable bonds is 4. The Kier molecular flexibility index (Phi) is 4.95. The second kappa shape index (κ2) is 6.06. The Morgan fingerprint density at radius 2 is 1.79 bits per heavy atom. The number of phenols is 1. The van der Waals surface area contributed by atoms with Crippen molar-refractivity contribution in [2.24, 2.45) is 0 Å². The molecular formula is C15H23NO3. The van der Waals surface area contributed by atoms with Gasteiger partial charge in [-0.25, -0.2) is 0 Å². The standard InChI is InChI=1S/C15H23NO3/c1-10-6-12(7-11(2)14(10)18)8-16-9-13(17)19-15(3,4)5/h6-7,16,18H,8-9H2,1-5H3. The highest BCUT2D eigenvalue weighted by molar-refractivity contribution is 5.72. The summed E-state index contributed by atoms with van der Waals surface area (Å²) in [7, 11) is 0. The van der Waals surface area contributed by atoms with E-state index in [1.54, 1.807) is 0 Å². The average molecular weight is 265 g/mol. The Bertz CT molecular complexity index is 438. The molecular weight excluding hydrogens is 242 g/mol. The first-order valence-electron chi connectivity index (χ1n) is 6.40. The van der Waals surface area contributed by atoms with Crippen molar-refractivity contribution >= 4 is 5.97 Å². The third-order valence-electron chi connectivity index (χ3n) is 2.57. The van der Waals surface area contributed by atoms with Crippen LogP contribution in [0.15, 0.2) is 12.1 Å². The summed E-state index contributed by atoms with van der Waals surface area (Å²) in [5.74, 6) is 0.0654. The number of hydrogen-bond acceptors (Lipinski definition) is 4. The Labute approximate surface area is 114 Å². The van der Waals surface area contributed by atoms with E-state index in [4.69, 9.17) is 4.74 Å². The maximum Gasteiger partial charge on any atom is 0.320 e. The van der Waals surface area contributed by atoms with Gasteiger partial charge < -0.3 is 15.2 Å². The number of phenolic OH excluding ortho intramolecular Hbond substituents is 1. The zero-order chi connectivity index (χ0) is 14.6. The van der Waals surface area contributed by atoms with Crippen LogP contribution in [0.2, 0.25) is 0 Å². The van der Waals surface area contributed by atoms with Gasteiger partial charge in [-0.05, 0) is 51.3 Å². The molecule has 0 amide bonds. The Morgan fingerprint density at radius 1 is 1.26 bits per heavy atom. The maximum absolute atomic E-state index is 11.5. The summed E-state index contributed by atoms with van der Waals surface area (Å²) in [6, 6.07) is 3.81. The summed E-state index contributed by atoms with van der Waals surface area (Å²) >= 11 is 0. The number of ether oxygens (including phenoxy) is 1. The summed E-state index contributed by atoms with van der Waals surface area (Å²) in [5, 5.41) is 12.7. The van der Waals surface area contributed by atoms with E-state index in [0.717, 1.165) is 16.7 Å². The zero-order valence-electron chi connectivity index (χ0n) is 12.3. The molecule has 19 heavy (non-hydrogen) atoms. The van der Waals surface area contributed by atoms with Crippen LogP contribution in [0.4, 0.5) is 0 Å². The normalized spacial score (nSPS) is 11.4. The number of nitrogens with one attached hydrogen (secondary N) is 1. The van der Waals surface area contributed by atoms with Gasteiger partial charge in [0.05, 0.1) is 6.54 Å². The molecule has 0 saturated heterocycles. The van der Waals surface area contributed by atoms with Gasteiger partial charge in [-0.1, -0.05) is 12.1 Å². The lowest BCUT2D eigenvalue weighted by atomic mass is 10.1. The SMILES string of the molecule is Cc1cc(CNCC(=O)OC(C)(C)C)cc(C)c1O. The smallest absolute Gasteiger partial charge is 0.320 e. The highest BCUT2D eigenvalue weighted by Gasteiger charge is 2.15. The van der Waals surface area contributed by atoms with E-state index in [1.165, 1.54) is 0 Å². The molecule has 0 spiro atoms. The molecule has 0 aromatic heterocycles. The van der Waals surface area contributed by atoms with Crippen LogP contribution in [0, 0.1) is 13.8 Å². The van der Waals surface area contributed by atoms with Crippen LogP contribution >= 0.6 is 0 Å². The second-order valence-electron chi connectivity index (χ2n) is 5.77. The third kappa shape index (κ3) is 5.30. The molecule has 0 fully saturated rings. The highest BCUT2D eigenvalue weighted by atomic mass is 16.6. The molecule has 106 valence electrons. The van der Waals surface area contributed by atoms with Gasteiger partial charge in [-0.15, -0.1) is 0 Å². The monoisotopic (exact) mass is 265 g/mol. The number of aromatic hydroxyl groups is 1. The van der Waals surface area contributed by atoms with Crippen molar-refractivity contribution in [1.82, 2.24) is 5.32 Å². The molecule has 0 heterocycles. The van der Waals surface area contributed by atoms with Gasteiger partial charge >= 0.3 is 5.97 Å². The van der Waals surface area contributed by atoms with E-state index in [2.05, 4.69) is 5.32 Å². The minimum absolute atomic E-state index is 0.177. The van der Waals surface area contributed by atoms with Crippen molar-refractivity contribution in [2.45, 2.75) is 46.8 Å². The van der Waals surface area contributed by atoms with E-state index in [1.807, 2.05) is 46.8 Å². The molecule has 0 aliphatic heterocycles. The summed E-state index contributed by atoms with van der Waals surface area (Å²) < 4.78 is 5.20. The van der Waals surface area contributed by atoms with Crippen molar-refractivity contribution in [3.05, 3.63) is 28.8 Å². The van der Waals surface area contributed by atoms with E-state index in [-0.39, 0.29) is 12.5 Å². The number of esters is 1. The van der Waals surface area contributed by atoms with Crippen LogP contribution in [0.5, 0.6) is 5.75 Å². The predicted molar refractivity (Wildman–Crippen MR) is 75.1 cm³/mol. The molecule has 1 aromatic carbocycles. The zero-order valence-corrected chi connectivity index (χ0v) is 12.3. The first-order valence-corrected chi connectivity index (χ1v) is 6.40. The van der Waals surface area contributed by atoms with Gasteiger partial charge in [0, 0.05) is 6.54 Å². The predicted octanol–water partition coefficient (Wildman–Crippen LogP) is 2.44. The van der Waals surface area contributed by atoms with E-state index in [0.29, 0.717) is 12.3 Å².